The van der Waals surface area contributed by atoms with Gasteiger partial charge in [-0.3, -0.25) is 0 Å². The Morgan fingerprint density at radius 2 is 1.65 bits per heavy atom. The molecule has 0 atom stereocenters. The highest BCUT2D eigenvalue weighted by Gasteiger charge is 2.22. The summed E-state index contributed by atoms with van der Waals surface area (Å²) in [5.41, 5.74) is 1.24. The molecule has 1 aliphatic heterocycles. The van der Waals surface area contributed by atoms with Crippen molar-refractivity contribution in [1.29, 1.82) is 0 Å². The topological polar surface area (TPSA) is 76.4 Å². The van der Waals surface area contributed by atoms with Gasteiger partial charge >= 0.3 is 5.63 Å². The molecule has 7 nitrogen and oxygen atoms in total. The van der Waals surface area contributed by atoms with Crippen molar-refractivity contribution in [1.82, 2.24) is 0 Å². The zero-order chi connectivity index (χ0) is 18.3. The lowest BCUT2D eigenvalue weighted by Gasteiger charge is -2.16. The van der Waals surface area contributed by atoms with Gasteiger partial charge in [-0.2, -0.15) is 0 Å². The molecule has 0 spiro atoms. The largest absolute Gasteiger partial charge is 0.493 e. The van der Waals surface area contributed by atoms with Crippen LogP contribution in [0.25, 0.3) is 22.1 Å². The second-order valence-corrected chi connectivity index (χ2v) is 5.57. The molecule has 1 aliphatic rings. The Kier molecular flexibility index (Phi) is 3.84. The molecule has 3 aromatic rings. The lowest BCUT2D eigenvalue weighted by molar-refractivity contribution is 0.174. The van der Waals surface area contributed by atoms with Gasteiger partial charge in [0, 0.05) is 17.7 Å². The lowest BCUT2D eigenvalue weighted by atomic mass is 10.00. The normalized spacial score (nSPS) is 12.3. The SMILES string of the molecule is COc1cc2oc(=O)cc(-c3ccc4c(c3)OCO4)c2c(OC)c1OC. The van der Waals surface area contributed by atoms with Crippen LogP contribution in [-0.4, -0.2) is 28.1 Å². The molecule has 2 aromatic carbocycles. The van der Waals surface area contributed by atoms with E-state index in [1.807, 2.05) is 12.1 Å². The summed E-state index contributed by atoms with van der Waals surface area (Å²) in [6.07, 6.45) is 0. The minimum atomic E-state index is -0.487. The van der Waals surface area contributed by atoms with Crippen molar-refractivity contribution in [2.24, 2.45) is 0 Å². The van der Waals surface area contributed by atoms with Crippen molar-refractivity contribution < 1.29 is 28.1 Å². The van der Waals surface area contributed by atoms with Crippen LogP contribution in [-0.2, 0) is 0 Å². The molecule has 0 fully saturated rings. The molecule has 0 bridgehead atoms. The summed E-state index contributed by atoms with van der Waals surface area (Å²) in [7, 11) is 4.54. The molecular formula is C19H16O7. The predicted molar refractivity (Wildman–Crippen MR) is 93.7 cm³/mol. The molecule has 0 saturated heterocycles. The van der Waals surface area contributed by atoms with Gasteiger partial charge in [0.05, 0.1) is 26.7 Å². The van der Waals surface area contributed by atoms with E-state index in [0.29, 0.717) is 45.3 Å². The first-order valence-electron chi connectivity index (χ1n) is 7.83. The maximum Gasteiger partial charge on any atom is 0.336 e. The maximum absolute atomic E-state index is 12.1. The minimum absolute atomic E-state index is 0.171. The Morgan fingerprint density at radius 3 is 2.38 bits per heavy atom. The highest BCUT2D eigenvalue weighted by Crippen LogP contribution is 2.47. The van der Waals surface area contributed by atoms with Crippen LogP contribution in [0.2, 0.25) is 0 Å². The number of fused-ring (bicyclic) bond motifs is 2. The highest BCUT2D eigenvalue weighted by atomic mass is 16.7. The van der Waals surface area contributed by atoms with E-state index in [9.17, 15) is 4.79 Å². The molecule has 134 valence electrons. The molecule has 1 aromatic heterocycles. The smallest absolute Gasteiger partial charge is 0.336 e. The number of hydrogen-bond donors (Lipinski definition) is 0. The number of hydrogen-bond acceptors (Lipinski definition) is 7. The van der Waals surface area contributed by atoms with E-state index >= 15 is 0 Å². The second-order valence-electron chi connectivity index (χ2n) is 5.57. The lowest BCUT2D eigenvalue weighted by Crippen LogP contribution is -2.02. The fraction of sp³-hybridized carbons (Fsp3) is 0.211. The molecule has 7 heteroatoms. The molecule has 0 amide bonds. The molecule has 0 N–H and O–H groups in total. The molecular weight excluding hydrogens is 340 g/mol. The Morgan fingerprint density at radius 1 is 0.885 bits per heavy atom. The molecule has 0 radical (unpaired) electrons. The fourth-order valence-corrected chi connectivity index (χ4v) is 3.09. The average molecular weight is 356 g/mol. The van der Waals surface area contributed by atoms with Crippen molar-refractivity contribution >= 4 is 11.0 Å². The summed E-state index contributed by atoms with van der Waals surface area (Å²) in [4.78, 5) is 12.1. The molecule has 0 saturated carbocycles. The summed E-state index contributed by atoms with van der Waals surface area (Å²) < 4.78 is 32.5. The van der Waals surface area contributed by atoms with Crippen LogP contribution in [0.4, 0.5) is 0 Å². The third-order valence-corrected chi connectivity index (χ3v) is 4.22. The first kappa shape index (κ1) is 16.1. The summed E-state index contributed by atoms with van der Waals surface area (Å²) in [6.45, 7) is 0.171. The first-order valence-corrected chi connectivity index (χ1v) is 7.83. The third kappa shape index (κ3) is 2.40. The van der Waals surface area contributed by atoms with Gasteiger partial charge in [-0.05, 0) is 17.7 Å². The van der Waals surface area contributed by atoms with E-state index in [0.717, 1.165) is 5.56 Å². The van der Waals surface area contributed by atoms with Crippen LogP contribution in [0, 0.1) is 0 Å². The van der Waals surface area contributed by atoms with Crippen LogP contribution >= 0.6 is 0 Å². The van der Waals surface area contributed by atoms with E-state index in [1.54, 1.807) is 12.1 Å². The van der Waals surface area contributed by atoms with Crippen LogP contribution in [0.15, 0.2) is 39.5 Å². The van der Waals surface area contributed by atoms with Gasteiger partial charge in [0.1, 0.15) is 5.58 Å². The average Bonchev–Trinajstić information content (AvgIpc) is 3.13. The van der Waals surface area contributed by atoms with Crippen LogP contribution in [0.3, 0.4) is 0 Å². The Balaban J connectivity index is 2.07. The van der Waals surface area contributed by atoms with Crippen molar-refractivity contribution in [2.75, 3.05) is 28.1 Å². The van der Waals surface area contributed by atoms with Crippen LogP contribution in [0.5, 0.6) is 28.7 Å². The van der Waals surface area contributed by atoms with E-state index in [4.69, 9.17) is 28.1 Å². The standard InChI is InChI=1S/C19H16O7/c1-21-15-8-14-17(19(23-3)18(15)22-2)11(7-16(20)26-14)10-4-5-12-13(6-10)25-9-24-12/h4-8H,9H2,1-3H3. The van der Waals surface area contributed by atoms with Gasteiger partial charge < -0.3 is 28.1 Å². The zero-order valence-electron chi connectivity index (χ0n) is 14.5. The van der Waals surface area contributed by atoms with Gasteiger partial charge in [0.2, 0.25) is 12.5 Å². The number of ether oxygens (including phenoxy) is 5. The molecule has 0 aliphatic carbocycles. The van der Waals surface area contributed by atoms with Gasteiger partial charge in [-0.1, -0.05) is 6.07 Å². The van der Waals surface area contributed by atoms with Gasteiger partial charge in [-0.15, -0.1) is 0 Å². The maximum atomic E-state index is 12.1. The third-order valence-electron chi connectivity index (χ3n) is 4.22. The minimum Gasteiger partial charge on any atom is -0.493 e. The highest BCUT2D eigenvalue weighted by molar-refractivity contribution is 6.01. The van der Waals surface area contributed by atoms with Gasteiger partial charge in [0.25, 0.3) is 0 Å². The fourth-order valence-electron chi connectivity index (χ4n) is 3.09. The van der Waals surface area contributed by atoms with E-state index in [2.05, 4.69) is 0 Å². The molecule has 26 heavy (non-hydrogen) atoms. The van der Waals surface area contributed by atoms with Crippen molar-refractivity contribution in [3.8, 4) is 39.9 Å². The van der Waals surface area contributed by atoms with Gasteiger partial charge in [-0.25, -0.2) is 4.79 Å². The summed E-state index contributed by atoms with van der Waals surface area (Å²) in [5, 5.41) is 0.601. The first-order chi connectivity index (χ1) is 12.7. The molecule has 0 unspecified atom stereocenters. The summed E-state index contributed by atoms with van der Waals surface area (Å²) >= 11 is 0. The number of rotatable bonds is 4. The summed E-state index contributed by atoms with van der Waals surface area (Å²) in [6, 6.07) is 8.47. The zero-order valence-corrected chi connectivity index (χ0v) is 14.5. The summed E-state index contributed by atoms with van der Waals surface area (Å²) in [5.74, 6) is 2.51. The second kappa shape index (κ2) is 6.18. The van der Waals surface area contributed by atoms with Crippen LogP contribution in [0.1, 0.15) is 0 Å². The van der Waals surface area contributed by atoms with Crippen molar-refractivity contribution in [2.45, 2.75) is 0 Å². The van der Waals surface area contributed by atoms with Crippen LogP contribution < -0.4 is 29.3 Å². The Bertz CT molecular complexity index is 1050. The molecule has 2 heterocycles. The van der Waals surface area contributed by atoms with Crippen molar-refractivity contribution in [3.05, 3.63) is 40.8 Å². The Hall–Kier alpha value is -3.35. The van der Waals surface area contributed by atoms with Crippen molar-refractivity contribution in [3.63, 3.8) is 0 Å². The van der Waals surface area contributed by atoms with E-state index in [1.165, 1.54) is 27.4 Å². The Labute approximate surface area is 148 Å². The number of methoxy groups -OCH3 is 3. The monoisotopic (exact) mass is 356 g/mol. The van der Waals surface area contributed by atoms with Gasteiger partial charge in [0.15, 0.2) is 23.0 Å². The molecule has 4 rings (SSSR count). The van der Waals surface area contributed by atoms with E-state index < -0.39 is 5.63 Å². The predicted octanol–water partition coefficient (Wildman–Crippen LogP) is 3.21. The quantitative estimate of drug-likeness (QED) is 0.664. The number of benzene rings is 2. The van der Waals surface area contributed by atoms with E-state index in [-0.39, 0.29) is 6.79 Å².